The van der Waals surface area contributed by atoms with Crippen molar-refractivity contribution in [2.75, 3.05) is 0 Å². The van der Waals surface area contributed by atoms with Gasteiger partial charge in [0.1, 0.15) is 11.2 Å². The minimum absolute atomic E-state index is 0. The van der Waals surface area contributed by atoms with Gasteiger partial charge in [-0.3, -0.25) is 14.9 Å². The zero-order chi connectivity index (χ0) is 27.0. The Morgan fingerprint density at radius 2 is 1.72 bits per heavy atom. The van der Waals surface area contributed by atoms with Gasteiger partial charge in [0, 0.05) is 48.1 Å². The van der Waals surface area contributed by atoms with Gasteiger partial charge in [-0.25, -0.2) is 0 Å². The molecule has 1 aliphatic rings. The van der Waals surface area contributed by atoms with Crippen LogP contribution in [0.1, 0.15) is 43.4 Å². The van der Waals surface area contributed by atoms with E-state index in [-0.39, 0.29) is 37.3 Å². The van der Waals surface area contributed by atoms with Gasteiger partial charge < -0.3 is 14.5 Å². The third-order valence-electron chi connectivity index (χ3n) is 6.80. The van der Waals surface area contributed by atoms with Crippen molar-refractivity contribution in [3.05, 3.63) is 93.4 Å². The molecule has 201 valence electrons. The average molecular weight is 700 g/mol. The van der Waals surface area contributed by atoms with Crippen molar-refractivity contribution in [3.63, 3.8) is 0 Å². The first-order chi connectivity index (χ1) is 18.2. The molecule has 0 unspecified atom stereocenters. The van der Waals surface area contributed by atoms with Gasteiger partial charge in [0.05, 0.1) is 5.76 Å². The van der Waals surface area contributed by atoms with Crippen LogP contribution in [-0.2, 0) is 37.7 Å². The fourth-order valence-electron chi connectivity index (χ4n) is 5.12. The van der Waals surface area contributed by atoms with Crippen LogP contribution in [0.15, 0.2) is 64.9 Å². The number of nitro benzene ring substituents is 1. The number of fused-ring (bicyclic) bond motifs is 5. The largest absolute Gasteiger partial charge is 0.512 e. The number of aliphatic hydroxyl groups is 1. The zero-order valence-corrected chi connectivity index (χ0v) is 24.2. The number of aliphatic hydroxyl groups excluding tert-OH is 1. The summed E-state index contributed by atoms with van der Waals surface area (Å²) in [5.41, 5.74) is 6.99. The predicted octanol–water partition coefficient (Wildman–Crippen LogP) is 7.73. The molecule has 5 aromatic rings. The smallest absolute Gasteiger partial charge is 0.190 e. The Labute approximate surface area is 239 Å². The van der Waals surface area contributed by atoms with Crippen molar-refractivity contribution >= 4 is 44.2 Å². The molecular weight excluding hydrogens is 673 g/mol. The van der Waals surface area contributed by atoms with Crippen LogP contribution >= 0.6 is 0 Å². The van der Waals surface area contributed by atoms with Crippen molar-refractivity contribution in [3.8, 4) is 11.3 Å². The van der Waals surface area contributed by atoms with E-state index in [9.17, 15) is 14.9 Å². The minimum Gasteiger partial charge on any atom is -0.512 e. The molecule has 1 radical (unpaired) electrons. The van der Waals surface area contributed by atoms with Gasteiger partial charge in [0.25, 0.3) is 0 Å². The number of aromatic nitrogens is 1. The fraction of sp³-hybridized carbons (Fsp3) is 0.226. The van der Waals surface area contributed by atoms with E-state index >= 15 is 0 Å². The maximum atomic E-state index is 11.1. The predicted molar refractivity (Wildman–Crippen MR) is 148 cm³/mol. The third-order valence-corrected chi connectivity index (χ3v) is 6.80. The molecule has 1 N–H and O–H groups in total. The van der Waals surface area contributed by atoms with Gasteiger partial charge >= 0.3 is 0 Å². The summed E-state index contributed by atoms with van der Waals surface area (Å²) in [5.74, 6) is -0.0625. The normalized spacial score (nSPS) is 12.9. The molecule has 0 atom stereocenters. The first-order valence-corrected chi connectivity index (χ1v) is 12.5. The molecule has 6 rings (SSSR count). The average Bonchev–Trinajstić information content (AvgIpc) is 3.21. The van der Waals surface area contributed by atoms with E-state index in [1.807, 2.05) is 13.0 Å². The third kappa shape index (κ3) is 5.77. The molecule has 8 heteroatoms. The molecule has 0 saturated carbocycles. The van der Waals surface area contributed by atoms with Crippen LogP contribution in [0.3, 0.4) is 0 Å². The first-order valence-electron chi connectivity index (χ1n) is 12.5. The van der Waals surface area contributed by atoms with Gasteiger partial charge in [0.2, 0.25) is 0 Å². The Balaban J connectivity index is 0.000000394. The molecule has 0 saturated heterocycles. The van der Waals surface area contributed by atoms with Gasteiger partial charge in [-0.2, -0.15) is 0 Å². The van der Waals surface area contributed by atoms with Gasteiger partial charge in [-0.15, -0.1) is 17.2 Å². The molecule has 7 nitrogen and oxygen atoms in total. The summed E-state index contributed by atoms with van der Waals surface area (Å²) in [4.78, 5) is 25.4. The fourth-order valence-corrected chi connectivity index (χ4v) is 5.12. The number of benzene rings is 3. The van der Waals surface area contributed by atoms with Crippen molar-refractivity contribution in [1.29, 1.82) is 0 Å². The second-order valence-electron chi connectivity index (χ2n) is 9.72. The quantitative estimate of drug-likeness (QED) is 0.0680. The summed E-state index contributed by atoms with van der Waals surface area (Å²) in [6.45, 7) is 4.71. The van der Waals surface area contributed by atoms with Crippen LogP contribution < -0.4 is 0 Å². The number of nitro groups is 1. The maximum absolute atomic E-state index is 11.1. The molecule has 3 aromatic carbocycles. The summed E-state index contributed by atoms with van der Waals surface area (Å²) in [5, 5.41) is 23.7. The summed E-state index contributed by atoms with van der Waals surface area (Å²) < 4.78 is 6.23. The first kappa shape index (κ1) is 28.1. The number of hydrogen-bond donors (Lipinski definition) is 1. The van der Waals surface area contributed by atoms with Gasteiger partial charge in [-0.05, 0) is 97.5 Å². The topological polar surface area (TPSA) is 106 Å². The van der Waals surface area contributed by atoms with Crippen molar-refractivity contribution in [2.24, 2.45) is 0 Å². The zero-order valence-electron chi connectivity index (χ0n) is 21.8. The minimum atomic E-state index is -0.397. The van der Waals surface area contributed by atoms with E-state index in [1.165, 1.54) is 50.0 Å². The molecule has 39 heavy (non-hydrogen) atoms. The SMILES string of the molecule is CC(=O)/C=C(/C)O.Cc1cc([N+](=O)[O-])c[c-]c1-c1nccc2cc3oc4cc5c(cc4c3cc12)CCCC5.[Ir]. The number of carbonyl (C=O) groups is 1. The number of nitrogens with zero attached hydrogens (tertiary/aromatic N) is 2. The van der Waals surface area contributed by atoms with Gasteiger partial charge in [-0.1, -0.05) is 19.1 Å². The number of ketones is 1. The Hall–Kier alpha value is -3.87. The number of pyridine rings is 1. The Morgan fingerprint density at radius 3 is 2.33 bits per heavy atom. The standard InChI is InChI=1S/C26H19N2O3.C5H8O2.Ir/c1-15-10-19(28(29)30)6-7-20(15)26-21-14-23-22-11-16-4-2-3-5-17(16)12-24(22)31-25(23)13-18(21)8-9-27-26;1-4(6)3-5(2)7;/h6,8-14H,2-5H2,1H3;3,6H,1-2H3;/q-1;;/b;4-3-;. The van der Waals surface area contributed by atoms with Gasteiger partial charge in [0.15, 0.2) is 11.5 Å². The second kappa shape index (κ2) is 11.5. The van der Waals surface area contributed by atoms with E-state index in [0.29, 0.717) is 0 Å². The Bertz CT molecular complexity index is 1770. The maximum Gasteiger partial charge on any atom is 0.190 e. The summed E-state index contributed by atoms with van der Waals surface area (Å²) >= 11 is 0. The molecule has 0 bridgehead atoms. The van der Waals surface area contributed by atoms with Crippen molar-refractivity contribution < 1.29 is 39.3 Å². The van der Waals surface area contributed by atoms with Crippen LogP contribution in [0.4, 0.5) is 5.69 Å². The molecule has 2 heterocycles. The van der Waals surface area contributed by atoms with E-state index in [4.69, 9.17) is 9.52 Å². The molecule has 0 aliphatic heterocycles. The molecular formula is C31H27IrN2O5-. The summed E-state index contributed by atoms with van der Waals surface area (Å²) in [6.07, 6.45) is 7.64. The summed E-state index contributed by atoms with van der Waals surface area (Å²) in [6, 6.07) is 16.8. The summed E-state index contributed by atoms with van der Waals surface area (Å²) in [7, 11) is 0. The number of furan rings is 1. The van der Waals surface area contributed by atoms with Crippen LogP contribution in [0.2, 0.25) is 0 Å². The number of non-ortho nitro benzene ring substituents is 1. The van der Waals surface area contributed by atoms with E-state index in [1.54, 1.807) is 12.3 Å². The number of aryl methyl sites for hydroxylation is 3. The monoisotopic (exact) mass is 700 g/mol. The molecule has 0 fully saturated rings. The van der Waals surface area contributed by atoms with E-state index < -0.39 is 4.92 Å². The van der Waals surface area contributed by atoms with Crippen LogP contribution in [-0.4, -0.2) is 20.8 Å². The number of rotatable bonds is 3. The Kier molecular flexibility index (Phi) is 8.28. The van der Waals surface area contributed by atoms with Crippen LogP contribution in [0.5, 0.6) is 0 Å². The van der Waals surface area contributed by atoms with E-state index in [0.717, 1.165) is 62.4 Å². The number of carbonyl (C=O) groups excluding carboxylic acids is 1. The van der Waals surface area contributed by atoms with Crippen molar-refractivity contribution in [2.45, 2.75) is 46.5 Å². The second-order valence-corrected chi connectivity index (χ2v) is 9.72. The molecule has 0 spiro atoms. The van der Waals surface area contributed by atoms with Crippen molar-refractivity contribution in [1.82, 2.24) is 4.98 Å². The van der Waals surface area contributed by atoms with E-state index in [2.05, 4.69) is 35.3 Å². The van der Waals surface area contributed by atoms with Crippen LogP contribution in [0.25, 0.3) is 44.0 Å². The molecule has 0 amide bonds. The molecule has 1 aliphatic carbocycles. The molecule has 2 aromatic heterocycles. The number of allylic oxidation sites excluding steroid dienone is 2. The number of hydrogen-bond acceptors (Lipinski definition) is 6. The van der Waals surface area contributed by atoms with Crippen LogP contribution in [0, 0.1) is 23.1 Å². The Morgan fingerprint density at radius 1 is 1.05 bits per heavy atom.